The van der Waals surface area contributed by atoms with Crippen LogP contribution in [0.5, 0.6) is 5.75 Å². The molecule has 2 N–H and O–H groups in total. The molecule has 1 aliphatic rings. The van der Waals surface area contributed by atoms with Gasteiger partial charge in [0.15, 0.2) is 16.7 Å². The molecule has 154 valence electrons. The van der Waals surface area contributed by atoms with Gasteiger partial charge < -0.3 is 10.2 Å². The summed E-state index contributed by atoms with van der Waals surface area (Å²) in [6.45, 7) is 7.47. The Kier molecular flexibility index (Phi) is 4.86. The number of phenols is 1. The molecule has 7 heteroatoms. The summed E-state index contributed by atoms with van der Waals surface area (Å²) < 4.78 is 0.925. The van der Waals surface area contributed by atoms with Crippen molar-refractivity contribution >= 4 is 38.4 Å². The molecule has 0 radical (unpaired) electrons. The fourth-order valence-electron chi connectivity index (χ4n) is 3.61. The number of phenolic OH excluding ortho intramolecular Hbond substituents is 1. The fraction of sp³-hybridized carbons (Fsp3) is 0.261. The highest BCUT2D eigenvalue weighted by atomic mass is 32.1. The van der Waals surface area contributed by atoms with Crippen molar-refractivity contribution in [1.29, 1.82) is 0 Å². The van der Waals surface area contributed by atoms with Gasteiger partial charge in [0.05, 0.1) is 21.8 Å². The number of aliphatic hydroxyl groups is 1. The number of aliphatic hydroxyl groups excluding tert-OH is 1. The topological polar surface area (TPSA) is 90.7 Å². The van der Waals surface area contributed by atoms with Crippen LogP contribution in [0.3, 0.4) is 0 Å². The lowest BCUT2D eigenvalue weighted by Crippen LogP contribution is -2.31. The third-order valence-electron chi connectivity index (χ3n) is 5.41. The Morgan fingerprint density at radius 3 is 2.37 bits per heavy atom. The number of nitrogens with zero attached hydrogens (tertiary/aromatic N) is 2. The van der Waals surface area contributed by atoms with Gasteiger partial charge in [0.1, 0.15) is 5.75 Å². The summed E-state index contributed by atoms with van der Waals surface area (Å²) in [4.78, 5) is 32.0. The van der Waals surface area contributed by atoms with Crippen LogP contribution in [-0.2, 0) is 9.59 Å². The van der Waals surface area contributed by atoms with Crippen LogP contribution in [0.2, 0.25) is 0 Å². The molecule has 1 unspecified atom stereocenters. The minimum atomic E-state index is -0.809. The van der Waals surface area contributed by atoms with Crippen LogP contribution in [0.25, 0.3) is 10.2 Å². The van der Waals surface area contributed by atoms with Crippen LogP contribution >= 0.6 is 11.3 Å². The number of hydrogen-bond acceptors (Lipinski definition) is 6. The first-order chi connectivity index (χ1) is 14.2. The molecule has 0 fully saturated rings. The number of carbonyl (C=O) groups excluding carboxylic acids is 2. The maximum Gasteiger partial charge on any atom is 0.296 e. The van der Waals surface area contributed by atoms with E-state index < -0.39 is 23.6 Å². The van der Waals surface area contributed by atoms with Gasteiger partial charge >= 0.3 is 0 Å². The number of aromatic nitrogens is 1. The van der Waals surface area contributed by atoms with Gasteiger partial charge in [0, 0.05) is 5.92 Å². The molecule has 1 amide bonds. The Labute approximate surface area is 178 Å². The molecule has 0 spiro atoms. The fourth-order valence-corrected chi connectivity index (χ4v) is 4.68. The highest BCUT2D eigenvalue weighted by Gasteiger charge is 2.46. The second-order valence-corrected chi connectivity index (χ2v) is 8.86. The molecule has 0 bridgehead atoms. The van der Waals surface area contributed by atoms with E-state index in [0.29, 0.717) is 10.7 Å². The zero-order valence-electron chi connectivity index (χ0n) is 17.1. The molecule has 2 heterocycles. The highest BCUT2D eigenvalue weighted by Crippen LogP contribution is 2.44. The molecule has 0 saturated carbocycles. The summed E-state index contributed by atoms with van der Waals surface area (Å²) in [5.41, 5.74) is 3.66. The summed E-state index contributed by atoms with van der Waals surface area (Å²) in [7, 11) is 0. The van der Waals surface area contributed by atoms with E-state index in [1.54, 1.807) is 26.0 Å². The third-order valence-corrected chi connectivity index (χ3v) is 6.42. The van der Waals surface area contributed by atoms with Crippen molar-refractivity contribution in [2.75, 3.05) is 4.90 Å². The monoisotopic (exact) mass is 422 g/mol. The predicted octanol–water partition coefficient (Wildman–Crippen LogP) is 4.74. The van der Waals surface area contributed by atoms with Crippen LogP contribution in [0.4, 0.5) is 5.13 Å². The number of benzene rings is 2. The molecular weight excluding hydrogens is 400 g/mol. The summed E-state index contributed by atoms with van der Waals surface area (Å²) in [5.74, 6) is -1.81. The van der Waals surface area contributed by atoms with Gasteiger partial charge in [-0.05, 0) is 54.8 Å². The van der Waals surface area contributed by atoms with Crippen molar-refractivity contribution in [2.45, 2.75) is 33.7 Å². The van der Waals surface area contributed by atoms with Crippen LogP contribution in [0.15, 0.2) is 47.7 Å². The smallest absolute Gasteiger partial charge is 0.296 e. The molecule has 30 heavy (non-hydrogen) atoms. The van der Waals surface area contributed by atoms with Crippen molar-refractivity contribution in [2.24, 2.45) is 5.92 Å². The predicted molar refractivity (Wildman–Crippen MR) is 117 cm³/mol. The number of anilines is 1. The maximum absolute atomic E-state index is 13.1. The second kappa shape index (κ2) is 7.25. The molecular formula is C23H22N2O4S. The molecule has 6 nitrogen and oxygen atoms in total. The third kappa shape index (κ3) is 3.15. The molecule has 0 aliphatic carbocycles. The Morgan fingerprint density at radius 2 is 1.73 bits per heavy atom. The van der Waals surface area contributed by atoms with E-state index in [0.717, 1.165) is 21.3 Å². The number of hydrogen-bond donors (Lipinski definition) is 2. The van der Waals surface area contributed by atoms with Gasteiger partial charge in [-0.25, -0.2) is 4.98 Å². The van der Waals surface area contributed by atoms with Gasteiger partial charge in [0.2, 0.25) is 0 Å². The lowest BCUT2D eigenvalue weighted by molar-refractivity contribution is -0.119. The zero-order chi connectivity index (χ0) is 21.7. The second-order valence-electron chi connectivity index (χ2n) is 7.85. The first-order valence-electron chi connectivity index (χ1n) is 9.66. The quantitative estimate of drug-likeness (QED) is 0.634. The average molecular weight is 423 g/mol. The minimum absolute atomic E-state index is 0.0623. The van der Waals surface area contributed by atoms with Crippen molar-refractivity contribution in [3.63, 3.8) is 0 Å². The Hall–Kier alpha value is -3.19. The highest BCUT2D eigenvalue weighted by molar-refractivity contribution is 7.22. The first-order valence-corrected chi connectivity index (χ1v) is 10.5. The number of Topliss-reactive ketones (excluding diaryl/α,β-unsaturated/α-hetero) is 1. The Balaban J connectivity index is 1.90. The van der Waals surface area contributed by atoms with E-state index in [1.165, 1.54) is 28.4 Å². The molecule has 4 rings (SSSR count). The number of thiazole rings is 1. The molecule has 0 saturated heterocycles. The normalized spacial score (nSPS) is 16.9. The van der Waals surface area contributed by atoms with Gasteiger partial charge in [-0.15, -0.1) is 0 Å². The molecule has 2 aromatic carbocycles. The van der Waals surface area contributed by atoms with Crippen molar-refractivity contribution < 1.29 is 19.8 Å². The Bertz CT molecular complexity index is 1170. The summed E-state index contributed by atoms with van der Waals surface area (Å²) in [6, 6.07) is 9.47. The number of rotatable bonds is 4. The van der Waals surface area contributed by atoms with Crippen LogP contribution in [0.1, 0.15) is 36.6 Å². The maximum atomic E-state index is 13.1. The minimum Gasteiger partial charge on any atom is -0.508 e. The zero-order valence-corrected chi connectivity index (χ0v) is 17.9. The lowest BCUT2D eigenvalue weighted by Gasteiger charge is -2.25. The molecule has 1 atom stereocenters. The summed E-state index contributed by atoms with van der Waals surface area (Å²) >= 11 is 1.34. The number of aromatic hydroxyl groups is 1. The van der Waals surface area contributed by atoms with E-state index in [4.69, 9.17) is 0 Å². The average Bonchev–Trinajstić information content (AvgIpc) is 3.20. The van der Waals surface area contributed by atoms with E-state index >= 15 is 0 Å². The Morgan fingerprint density at radius 1 is 1.10 bits per heavy atom. The number of fused-ring (bicyclic) bond motifs is 1. The number of aryl methyl sites for hydroxylation is 2. The van der Waals surface area contributed by atoms with E-state index in [-0.39, 0.29) is 17.1 Å². The van der Waals surface area contributed by atoms with Gasteiger partial charge in [-0.2, -0.15) is 0 Å². The standard InChI is InChI=1S/C23H22N2O4S/c1-11(2)20(27)18-19(14-5-7-15(26)8-6-14)25(22(29)21(18)28)23-24-16-9-12(3)13(4)10-17(16)30-23/h5-11,19,26,28H,1-4H3. The van der Waals surface area contributed by atoms with Crippen LogP contribution < -0.4 is 4.90 Å². The lowest BCUT2D eigenvalue weighted by atomic mass is 9.91. The molecule has 3 aromatic rings. The number of ketones is 1. The van der Waals surface area contributed by atoms with Crippen LogP contribution in [-0.4, -0.2) is 26.9 Å². The SMILES string of the molecule is Cc1cc2nc(N3C(=O)C(O)=C(C(=O)C(C)C)C3c3ccc(O)cc3)sc2cc1C. The summed E-state index contributed by atoms with van der Waals surface area (Å²) in [6.07, 6.45) is 0. The van der Waals surface area contributed by atoms with Crippen molar-refractivity contribution in [3.05, 3.63) is 64.4 Å². The van der Waals surface area contributed by atoms with E-state index in [2.05, 4.69) is 4.98 Å². The van der Waals surface area contributed by atoms with E-state index in [1.807, 2.05) is 26.0 Å². The number of amides is 1. The van der Waals surface area contributed by atoms with Gasteiger partial charge in [-0.1, -0.05) is 37.3 Å². The van der Waals surface area contributed by atoms with Gasteiger partial charge in [0.25, 0.3) is 5.91 Å². The molecule has 1 aliphatic heterocycles. The van der Waals surface area contributed by atoms with Crippen LogP contribution in [0, 0.1) is 19.8 Å². The first kappa shape index (κ1) is 20.1. The largest absolute Gasteiger partial charge is 0.508 e. The summed E-state index contributed by atoms with van der Waals surface area (Å²) in [5, 5.41) is 20.7. The van der Waals surface area contributed by atoms with Gasteiger partial charge in [-0.3, -0.25) is 14.5 Å². The molecule has 1 aromatic heterocycles. The van der Waals surface area contributed by atoms with Crippen molar-refractivity contribution in [1.82, 2.24) is 4.98 Å². The number of carbonyl (C=O) groups is 2. The van der Waals surface area contributed by atoms with E-state index in [9.17, 15) is 19.8 Å². The van der Waals surface area contributed by atoms with Crippen molar-refractivity contribution in [3.8, 4) is 5.75 Å².